The fourth-order valence-corrected chi connectivity index (χ4v) is 2.94. The Morgan fingerprint density at radius 1 is 1.44 bits per heavy atom. The third kappa shape index (κ3) is 1.28. The van der Waals surface area contributed by atoms with Gasteiger partial charge in [-0.15, -0.1) is 0 Å². The molecule has 6 heteroatoms. The van der Waals surface area contributed by atoms with Crippen LogP contribution in [0.15, 0.2) is 6.20 Å². The van der Waals surface area contributed by atoms with Crippen LogP contribution in [-0.2, 0) is 4.79 Å². The van der Waals surface area contributed by atoms with Gasteiger partial charge in [0.15, 0.2) is 5.69 Å². The van der Waals surface area contributed by atoms with Crippen molar-refractivity contribution in [1.82, 2.24) is 4.98 Å². The number of hydrogen-bond donors (Lipinski definition) is 2. The van der Waals surface area contributed by atoms with Crippen LogP contribution in [0, 0.1) is 0 Å². The molecule has 6 nitrogen and oxygen atoms in total. The highest BCUT2D eigenvalue weighted by atomic mass is 16.4. The number of anilines is 2. The lowest BCUT2D eigenvalue weighted by molar-refractivity contribution is -0.117. The lowest BCUT2D eigenvalue weighted by atomic mass is 10.1. The smallest absolute Gasteiger partial charge is 0.354 e. The van der Waals surface area contributed by atoms with Gasteiger partial charge in [-0.25, -0.2) is 4.79 Å². The predicted molar refractivity (Wildman–Crippen MR) is 66.1 cm³/mol. The first-order valence-corrected chi connectivity index (χ1v) is 5.93. The first-order chi connectivity index (χ1) is 8.46. The first kappa shape index (κ1) is 11.1. The number of amides is 1. The standard InChI is InChI=1S/C12H15N3O3/c1-7(16)15-10-8(5-13-9(10)11(17)18)14(2)6-12(15)3-4-12/h5,13H,3-4,6H2,1-2H3,(H,17,18). The van der Waals surface area contributed by atoms with Crippen LogP contribution in [0.25, 0.3) is 0 Å². The van der Waals surface area contributed by atoms with Crippen molar-refractivity contribution in [1.29, 1.82) is 0 Å². The number of carboxylic acids is 1. The van der Waals surface area contributed by atoms with Crippen LogP contribution in [0.4, 0.5) is 11.4 Å². The average Bonchev–Trinajstić information content (AvgIpc) is 2.88. The largest absolute Gasteiger partial charge is 0.477 e. The van der Waals surface area contributed by atoms with E-state index in [1.165, 1.54) is 6.92 Å². The van der Waals surface area contributed by atoms with E-state index in [-0.39, 0.29) is 17.1 Å². The van der Waals surface area contributed by atoms with Crippen molar-refractivity contribution in [3.05, 3.63) is 11.9 Å². The molecule has 1 amide bonds. The summed E-state index contributed by atoms with van der Waals surface area (Å²) in [6.07, 6.45) is 3.52. The lowest BCUT2D eigenvalue weighted by Gasteiger charge is -2.41. The summed E-state index contributed by atoms with van der Waals surface area (Å²) in [5.74, 6) is -1.13. The molecule has 96 valence electrons. The van der Waals surface area contributed by atoms with Gasteiger partial charge in [0.25, 0.3) is 0 Å². The highest BCUT2D eigenvalue weighted by molar-refractivity contribution is 6.06. The molecule has 3 rings (SSSR count). The van der Waals surface area contributed by atoms with Crippen molar-refractivity contribution in [2.75, 3.05) is 23.4 Å². The Balaban J connectivity index is 2.20. The molecule has 0 saturated heterocycles. The maximum absolute atomic E-state index is 11.9. The second-order valence-corrected chi connectivity index (χ2v) is 5.14. The Kier molecular flexibility index (Phi) is 2.03. The molecule has 2 heterocycles. The molecular formula is C12H15N3O3. The Morgan fingerprint density at radius 2 is 2.11 bits per heavy atom. The van der Waals surface area contributed by atoms with Crippen molar-refractivity contribution in [2.24, 2.45) is 0 Å². The molecule has 1 aromatic rings. The third-order valence-electron chi connectivity index (χ3n) is 3.83. The van der Waals surface area contributed by atoms with E-state index >= 15 is 0 Å². The van der Waals surface area contributed by atoms with Gasteiger partial charge >= 0.3 is 5.97 Å². The summed E-state index contributed by atoms with van der Waals surface area (Å²) in [7, 11) is 1.93. The zero-order valence-corrected chi connectivity index (χ0v) is 10.4. The zero-order chi connectivity index (χ0) is 13.1. The number of carbonyl (C=O) groups excluding carboxylic acids is 1. The second kappa shape index (κ2) is 3.28. The Hall–Kier alpha value is -1.98. The van der Waals surface area contributed by atoms with E-state index < -0.39 is 5.97 Å². The number of aromatic amines is 1. The maximum Gasteiger partial charge on any atom is 0.354 e. The summed E-state index contributed by atoms with van der Waals surface area (Å²) in [5.41, 5.74) is 1.19. The second-order valence-electron chi connectivity index (χ2n) is 5.14. The van der Waals surface area contributed by atoms with Crippen LogP contribution in [0.2, 0.25) is 0 Å². The molecule has 1 spiro atoms. The molecular weight excluding hydrogens is 234 g/mol. The third-order valence-corrected chi connectivity index (χ3v) is 3.83. The van der Waals surface area contributed by atoms with E-state index in [2.05, 4.69) is 4.98 Å². The van der Waals surface area contributed by atoms with Crippen molar-refractivity contribution < 1.29 is 14.7 Å². The maximum atomic E-state index is 11.9. The number of carbonyl (C=O) groups is 2. The minimum atomic E-state index is -1.03. The molecule has 1 aromatic heterocycles. The predicted octanol–water partition coefficient (Wildman–Crippen LogP) is 1.05. The highest BCUT2D eigenvalue weighted by Gasteiger charge is 2.55. The number of fused-ring (bicyclic) bond motifs is 1. The molecule has 0 unspecified atom stereocenters. The monoisotopic (exact) mass is 249 g/mol. The van der Waals surface area contributed by atoms with Gasteiger partial charge in [-0.3, -0.25) is 4.79 Å². The number of H-pyrrole nitrogens is 1. The van der Waals surface area contributed by atoms with Gasteiger partial charge in [-0.05, 0) is 12.8 Å². The van der Waals surface area contributed by atoms with Gasteiger partial charge in [-0.2, -0.15) is 0 Å². The van der Waals surface area contributed by atoms with Gasteiger partial charge in [0, 0.05) is 26.7 Å². The SMILES string of the molecule is CC(=O)N1c2c(c[nH]c2C(=O)O)N(C)CC12CC2. The highest BCUT2D eigenvalue weighted by Crippen LogP contribution is 2.52. The number of nitrogens with one attached hydrogen (secondary N) is 1. The van der Waals surface area contributed by atoms with Crippen molar-refractivity contribution in [3.63, 3.8) is 0 Å². The Morgan fingerprint density at radius 3 is 2.61 bits per heavy atom. The van der Waals surface area contributed by atoms with E-state index in [1.807, 2.05) is 11.9 Å². The van der Waals surface area contributed by atoms with Crippen LogP contribution >= 0.6 is 0 Å². The van der Waals surface area contributed by atoms with Gasteiger partial charge in [0.2, 0.25) is 5.91 Å². The molecule has 0 atom stereocenters. The lowest BCUT2D eigenvalue weighted by Crippen LogP contribution is -2.52. The topological polar surface area (TPSA) is 76.6 Å². The van der Waals surface area contributed by atoms with E-state index in [0.717, 1.165) is 25.1 Å². The van der Waals surface area contributed by atoms with Gasteiger partial charge in [0.05, 0.1) is 11.2 Å². The molecule has 0 radical (unpaired) electrons. The van der Waals surface area contributed by atoms with Crippen LogP contribution in [0.3, 0.4) is 0 Å². The number of aromatic nitrogens is 1. The summed E-state index contributed by atoms with van der Waals surface area (Å²) in [4.78, 5) is 29.6. The quantitative estimate of drug-likeness (QED) is 0.780. The molecule has 0 aromatic carbocycles. The summed E-state index contributed by atoms with van der Waals surface area (Å²) in [6.45, 7) is 2.25. The van der Waals surface area contributed by atoms with Crippen molar-refractivity contribution in [2.45, 2.75) is 25.3 Å². The Labute approximate surface area is 104 Å². The molecule has 1 saturated carbocycles. The number of aromatic carboxylic acids is 1. The van der Waals surface area contributed by atoms with Crippen molar-refractivity contribution in [3.8, 4) is 0 Å². The van der Waals surface area contributed by atoms with Gasteiger partial charge in [-0.1, -0.05) is 0 Å². The fourth-order valence-electron chi connectivity index (χ4n) is 2.94. The van der Waals surface area contributed by atoms with Crippen LogP contribution in [0.1, 0.15) is 30.3 Å². The minimum absolute atomic E-state index is 0.0936. The molecule has 18 heavy (non-hydrogen) atoms. The van der Waals surface area contributed by atoms with Crippen LogP contribution < -0.4 is 9.80 Å². The number of rotatable bonds is 1. The van der Waals surface area contributed by atoms with Crippen LogP contribution in [0.5, 0.6) is 0 Å². The van der Waals surface area contributed by atoms with E-state index in [1.54, 1.807) is 11.1 Å². The zero-order valence-electron chi connectivity index (χ0n) is 10.4. The first-order valence-electron chi connectivity index (χ1n) is 5.93. The molecule has 2 N–H and O–H groups in total. The van der Waals surface area contributed by atoms with E-state index in [0.29, 0.717) is 5.69 Å². The van der Waals surface area contributed by atoms with Gasteiger partial charge < -0.3 is 19.9 Å². The van der Waals surface area contributed by atoms with Crippen molar-refractivity contribution >= 4 is 23.3 Å². The number of hydrogen-bond acceptors (Lipinski definition) is 3. The molecule has 0 bridgehead atoms. The normalized spacial score (nSPS) is 19.9. The number of likely N-dealkylation sites (N-methyl/N-ethyl adjacent to an activating group) is 1. The average molecular weight is 249 g/mol. The van der Waals surface area contributed by atoms with E-state index in [9.17, 15) is 14.7 Å². The molecule has 1 fully saturated rings. The summed E-state index contributed by atoms with van der Waals surface area (Å²) >= 11 is 0. The molecule has 1 aliphatic carbocycles. The van der Waals surface area contributed by atoms with E-state index in [4.69, 9.17) is 0 Å². The number of nitrogens with zero attached hydrogens (tertiary/aromatic N) is 2. The number of carboxylic acid groups (broad SMARTS) is 1. The van der Waals surface area contributed by atoms with Gasteiger partial charge in [0.1, 0.15) is 5.69 Å². The Bertz CT molecular complexity index is 545. The molecule has 2 aliphatic rings. The fraction of sp³-hybridized carbons (Fsp3) is 0.500. The summed E-state index contributed by atoms with van der Waals surface area (Å²) in [6, 6.07) is 0. The minimum Gasteiger partial charge on any atom is -0.477 e. The molecule has 1 aliphatic heterocycles. The summed E-state index contributed by atoms with van der Waals surface area (Å²) in [5, 5.41) is 9.22. The summed E-state index contributed by atoms with van der Waals surface area (Å²) < 4.78 is 0. The van der Waals surface area contributed by atoms with Crippen LogP contribution in [-0.4, -0.2) is 41.1 Å².